The van der Waals surface area contributed by atoms with Crippen LogP contribution in [0.5, 0.6) is 5.75 Å². The molecule has 5 nitrogen and oxygen atoms in total. The van der Waals surface area contributed by atoms with Crippen molar-refractivity contribution in [2.75, 3.05) is 11.9 Å². The summed E-state index contributed by atoms with van der Waals surface area (Å²) in [6.45, 7) is -2.54. The topological polar surface area (TPSA) is 58.6 Å². The fourth-order valence-corrected chi connectivity index (χ4v) is 3.72. The van der Waals surface area contributed by atoms with E-state index in [4.69, 9.17) is 11.6 Å². The monoisotopic (exact) mass is 372 g/mol. The Balaban J connectivity index is 1.60. The fourth-order valence-electron chi connectivity index (χ4n) is 3.49. The van der Waals surface area contributed by atoms with Gasteiger partial charge in [0.15, 0.2) is 0 Å². The molecule has 2 fully saturated rings. The van der Waals surface area contributed by atoms with Gasteiger partial charge in [-0.1, -0.05) is 24.4 Å². The van der Waals surface area contributed by atoms with Gasteiger partial charge < -0.3 is 15.0 Å². The molecule has 1 saturated heterocycles. The molecule has 136 valence electrons. The van der Waals surface area contributed by atoms with Crippen molar-refractivity contribution in [2.24, 2.45) is 5.92 Å². The first kappa shape index (κ1) is 17.9. The summed E-state index contributed by atoms with van der Waals surface area (Å²) in [6.07, 6.45) is 4.44. The van der Waals surface area contributed by atoms with E-state index in [9.17, 15) is 18.4 Å². The molecule has 0 spiro atoms. The third-order valence-electron chi connectivity index (χ3n) is 4.71. The standard InChI is InChI=1S/C17H19ClF2N2O3/c18-13-8-11(5-6-14(13)25-17(19)20)21-16(24)10-7-15(23)22(9-10)12-3-1-2-4-12/h5-6,8,10,12,17H,1-4,7,9H2,(H,21,24)/t10-/m0/s1. The van der Waals surface area contributed by atoms with Gasteiger partial charge in [-0.05, 0) is 31.0 Å². The van der Waals surface area contributed by atoms with Crippen molar-refractivity contribution in [3.8, 4) is 5.75 Å². The molecule has 1 N–H and O–H groups in total. The second kappa shape index (κ2) is 7.56. The Kier molecular flexibility index (Phi) is 5.42. The van der Waals surface area contributed by atoms with Gasteiger partial charge in [-0.15, -0.1) is 0 Å². The van der Waals surface area contributed by atoms with Crippen LogP contribution >= 0.6 is 11.6 Å². The Morgan fingerprint density at radius 3 is 2.68 bits per heavy atom. The summed E-state index contributed by atoms with van der Waals surface area (Å²) in [4.78, 5) is 26.4. The van der Waals surface area contributed by atoms with Gasteiger partial charge in [-0.25, -0.2) is 0 Å². The van der Waals surface area contributed by atoms with Crippen LogP contribution in [0, 0.1) is 5.92 Å². The highest BCUT2D eigenvalue weighted by Gasteiger charge is 2.38. The van der Waals surface area contributed by atoms with Gasteiger partial charge in [0.05, 0.1) is 10.9 Å². The highest BCUT2D eigenvalue weighted by Crippen LogP contribution is 2.31. The molecule has 0 aromatic heterocycles. The molecule has 1 saturated carbocycles. The Labute approximate surface area is 149 Å². The van der Waals surface area contributed by atoms with Crippen LogP contribution in [-0.2, 0) is 9.59 Å². The van der Waals surface area contributed by atoms with E-state index in [0.717, 1.165) is 25.7 Å². The third-order valence-corrected chi connectivity index (χ3v) is 5.01. The van der Waals surface area contributed by atoms with E-state index >= 15 is 0 Å². The van der Waals surface area contributed by atoms with Crippen molar-refractivity contribution in [1.29, 1.82) is 0 Å². The maximum Gasteiger partial charge on any atom is 0.387 e. The minimum Gasteiger partial charge on any atom is -0.433 e. The van der Waals surface area contributed by atoms with Crippen LogP contribution in [0.4, 0.5) is 14.5 Å². The molecular formula is C17H19ClF2N2O3. The predicted molar refractivity (Wildman–Crippen MR) is 88.8 cm³/mol. The number of carbonyl (C=O) groups is 2. The van der Waals surface area contributed by atoms with E-state index in [1.807, 2.05) is 4.90 Å². The fraction of sp³-hybridized carbons (Fsp3) is 0.529. The average molecular weight is 373 g/mol. The molecular weight excluding hydrogens is 354 g/mol. The second-order valence-corrected chi connectivity index (χ2v) is 6.81. The molecule has 1 heterocycles. The molecule has 2 aliphatic rings. The van der Waals surface area contributed by atoms with E-state index in [-0.39, 0.29) is 35.0 Å². The minimum absolute atomic E-state index is 0.0192. The van der Waals surface area contributed by atoms with Crippen molar-refractivity contribution in [3.63, 3.8) is 0 Å². The van der Waals surface area contributed by atoms with Gasteiger partial charge in [-0.3, -0.25) is 9.59 Å². The number of anilines is 1. The summed E-state index contributed by atoms with van der Waals surface area (Å²) in [5, 5.41) is 2.67. The lowest BCUT2D eigenvalue weighted by atomic mass is 10.1. The van der Waals surface area contributed by atoms with Crippen LogP contribution in [0.1, 0.15) is 32.1 Å². The summed E-state index contributed by atoms with van der Waals surface area (Å²) in [5.74, 6) is -0.819. The molecule has 0 bridgehead atoms. The molecule has 1 aromatic carbocycles. The maximum atomic E-state index is 12.4. The quantitative estimate of drug-likeness (QED) is 0.857. The molecule has 1 atom stereocenters. The van der Waals surface area contributed by atoms with Gasteiger partial charge >= 0.3 is 6.61 Å². The SMILES string of the molecule is O=C(Nc1ccc(OC(F)F)c(Cl)c1)[C@H]1CC(=O)N(C2CCCC2)C1. The number of hydrogen-bond donors (Lipinski definition) is 1. The zero-order chi connectivity index (χ0) is 18.0. The Morgan fingerprint density at radius 2 is 2.04 bits per heavy atom. The molecule has 25 heavy (non-hydrogen) atoms. The number of alkyl halides is 2. The van der Waals surface area contributed by atoms with Gasteiger partial charge in [0.1, 0.15) is 5.75 Å². The number of nitrogens with zero attached hydrogens (tertiary/aromatic N) is 1. The number of hydrogen-bond acceptors (Lipinski definition) is 3. The van der Waals surface area contributed by atoms with Gasteiger partial charge in [0.2, 0.25) is 11.8 Å². The van der Waals surface area contributed by atoms with Gasteiger partial charge in [0, 0.05) is 24.7 Å². The lowest BCUT2D eigenvalue weighted by Gasteiger charge is -2.23. The molecule has 0 radical (unpaired) electrons. The highest BCUT2D eigenvalue weighted by atomic mass is 35.5. The van der Waals surface area contributed by atoms with E-state index in [2.05, 4.69) is 10.1 Å². The van der Waals surface area contributed by atoms with Crippen LogP contribution < -0.4 is 10.1 Å². The van der Waals surface area contributed by atoms with Crippen molar-refractivity contribution in [2.45, 2.75) is 44.8 Å². The summed E-state index contributed by atoms with van der Waals surface area (Å²) in [7, 11) is 0. The normalized spacial score (nSPS) is 21.2. The zero-order valence-electron chi connectivity index (χ0n) is 13.5. The number of benzene rings is 1. The molecule has 0 unspecified atom stereocenters. The number of carbonyl (C=O) groups excluding carboxylic acids is 2. The minimum atomic E-state index is -2.97. The molecule has 3 rings (SSSR count). The van der Waals surface area contributed by atoms with E-state index < -0.39 is 12.5 Å². The van der Waals surface area contributed by atoms with Crippen LogP contribution in [0.15, 0.2) is 18.2 Å². The smallest absolute Gasteiger partial charge is 0.387 e. The first-order chi connectivity index (χ1) is 11.9. The van der Waals surface area contributed by atoms with Crippen LogP contribution in [0.2, 0.25) is 5.02 Å². The molecule has 1 aliphatic heterocycles. The molecule has 2 amide bonds. The Hall–Kier alpha value is -1.89. The lowest BCUT2D eigenvalue weighted by molar-refractivity contribution is -0.129. The molecule has 8 heteroatoms. The van der Waals surface area contributed by atoms with Crippen LogP contribution in [0.25, 0.3) is 0 Å². The predicted octanol–water partition coefficient (Wildman–Crippen LogP) is 3.67. The number of likely N-dealkylation sites (tertiary alicyclic amines) is 1. The average Bonchev–Trinajstić information content (AvgIpc) is 3.18. The number of ether oxygens (including phenoxy) is 1. The van der Waals surface area contributed by atoms with Gasteiger partial charge in [-0.2, -0.15) is 8.78 Å². The van der Waals surface area contributed by atoms with Crippen LogP contribution in [-0.4, -0.2) is 35.9 Å². The Bertz CT molecular complexity index is 665. The first-order valence-electron chi connectivity index (χ1n) is 8.28. The maximum absolute atomic E-state index is 12.4. The van der Waals surface area contributed by atoms with Crippen molar-refractivity contribution in [3.05, 3.63) is 23.2 Å². The van der Waals surface area contributed by atoms with E-state index in [1.165, 1.54) is 18.2 Å². The number of rotatable bonds is 5. The third kappa shape index (κ3) is 4.21. The van der Waals surface area contributed by atoms with Crippen molar-refractivity contribution < 1.29 is 23.1 Å². The number of nitrogens with one attached hydrogen (secondary N) is 1. The second-order valence-electron chi connectivity index (χ2n) is 6.40. The Morgan fingerprint density at radius 1 is 1.32 bits per heavy atom. The molecule has 1 aromatic rings. The number of halogens is 3. The van der Waals surface area contributed by atoms with Gasteiger partial charge in [0.25, 0.3) is 0 Å². The summed E-state index contributed by atoms with van der Waals surface area (Å²) >= 11 is 5.88. The van der Waals surface area contributed by atoms with Crippen LogP contribution in [0.3, 0.4) is 0 Å². The zero-order valence-corrected chi connectivity index (χ0v) is 14.3. The summed E-state index contributed by atoms with van der Waals surface area (Å²) in [5.41, 5.74) is 0.378. The van der Waals surface area contributed by atoms with Crippen molar-refractivity contribution >= 4 is 29.1 Å². The van der Waals surface area contributed by atoms with Crippen molar-refractivity contribution in [1.82, 2.24) is 4.90 Å². The number of amides is 2. The molecule has 1 aliphatic carbocycles. The van der Waals surface area contributed by atoms with E-state index in [0.29, 0.717) is 12.2 Å². The van der Waals surface area contributed by atoms with E-state index in [1.54, 1.807) is 0 Å². The lowest BCUT2D eigenvalue weighted by Crippen LogP contribution is -2.35. The highest BCUT2D eigenvalue weighted by molar-refractivity contribution is 6.32. The summed E-state index contributed by atoms with van der Waals surface area (Å²) < 4.78 is 28.7. The first-order valence-corrected chi connectivity index (χ1v) is 8.66. The largest absolute Gasteiger partial charge is 0.433 e. The summed E-state index contributed by atoms with van der Waals surface area (Å²) in [6, 6.07) is 4.32.